The molecular weight excluding hydrogens is 254 g/mol. The number of rotatable bonds is 4. The molecule has 0 aliphatic heterocycles. The van der Waals surface area contributed by atoms with Crippen LogP contribution in [-0.4, -0.2) is 23.0 Å². The van der Waals surface area contributed by atoms with Crippen molar-refractivity contribution in [2.75, 3.05) is 0 Å². The Kier molecular flexibility index (Phi) is 5.86. The van der Waals surface area contributed by atoms with Crippen molar-refractivity contribution in [3.63, 3.8) is 0 Å². The topological polar surface area (TPSA) is 66.4 Å². The zero-order valence-corrected chi connectivity index (χ0v) is 12.3. The molecule has 1 amide bonds. The Labute approximate surface area is 121 Å². The van der Waals surface area contributed by atoms with E-state index in [9.17, 15) is 14.7 Å². The Morgan fingerprint density at radius 2 is 1.50 bits per heavy atom. The van der Waals surface area contributed by atoms with E-state index in [0.29, 0.717) is 18.8 Å². The second-order valence-electron chi connectivity index (χ2n) is 6.46. The van der Waals surface area contributed by atoms with Crippen LogP contribution >= 0.6 is 0 Å². The van der Waals surface area contributed by atoms with Crippen molar-refractivity contribution in [3.8, 4) is 0 Å². The number of carboxylic acid groups (broad SMARTS) is 1. The standard InChI is InChI=1S/C16H27NO3/c18-15(11-12-7-3-1-2-4-8-12)17-14-10-6-5-9-13(14)16(19)20/h12-14H,1-11H2,(H,17,18)(H,19,20). The van der Waals surface area contributed by atoms with Gasteiger partial charge < -0.3 is 10.4 Å². The van der Waals surface area contributed by atoms with E-state index in [1.54, 1.807) is 0 Å². The van der Waals surface area contributed by atoms with E-state index in [1.807, 2.05) is 0 Å². The highest BCUT2D eigenvalue weighted by molar-refractivity contribution is 5.78. The molecular formula is C16H27NO3. The number of nitrogens with one attached hydrogen (secondary N) is 1. The van der Waals surface area contributed by atoms with Crippen molar-refractivity contribution < 1.29 is 14.7 Å². The maximum atomic E-state index is 12.2. The van der Waals surface area contributed by atoms with Crippen LogP contribution < -0.4 is 5.32 Å². The van der Waals surface area contributed by atoms with Gasteiger partial charge in [0.15, 0.2) is 0 Å². The van der Waals surface area contributed by atoms with Gasteiger partial charge in [-0.15, -0.1) is 0 Å². The molecule has 2 fully saturated rings. The lowest BCUT2D eigenvalue weighted by atomic mass is 9.84. The second-order valence-corrected chi connectivity index (χ2v) is 6.46. The van der Waals surface area contributed by atoms with Gasteiger partial charge in [0.25, 0.3) is 0 Å². The van der Waals surface area contributed by atoms with E-state index in [-0.39, 0.29) is 17.9 Å². The lowest BCUT2D eigenvalue weighted by Gasteiger charge is -2.29. The number of hydrogen-bond acceptors (Lipinski definition) is 2. The third kappa shape index (κ3) is 4.50. The number of hydrogen-bond donors (Lipinski definition) is 2. The molecule has 0 saturated heterocycles. The molecule has 4 nitrogen and oxygen atoms in total. The van der Waals surface area contributed by atoms with Crippen molar-refractivity contribution in [1.29, 1.82) is 0 Å². The first-order valence-electron chi connectivity index (χ1n) is 8.19. The van der Waals surface area contributed by atoms with Crippen molar-refractivity contribution in [1.82, 2.24) is 5.32 Å². The molecule has 4 heteroatoms. The van der Waals surface area contributed by atoms with Crippen LogP contribution in [0.15, 0.2) is 0 Å². The van der Waals surface area contributed by atoms with Crippen LogP contribution in [0.1, 0.15) is 70.6 Å². The molecule has 114 valence electrons. The molecule has 0 aromatic rings. The predicted octanol–water partition coefficient (Wildman–Crippen LogP) is 3.11. The zero-order chi connectivity index (χ0) is 14.4. The normalized spacial score (nSPS) is 28.6. The molecule has 2 saturated carbocycles. The molecule has 2 unspecified atom stereocenters. The van der Waals surface area contributed by atoms with E-state index in [0.717, 1.165) is 32.1 Å². The Morgan fingerprint density at radius 3 is 2.15 bits per heavy atom. The van der Waals surface area contributed by atoms with Gasteiger partial charge in [0.1, 0.15) is 0 Å². The molecule has 0 spiro atoms. The zero-order valence-electron chi connectivity index (χ0n) is 12.3. The summed E-state index contributed by atoms with van der Waals surface area (Å²) >= 11 is 0. The highest BCUT2D eigenvalue weighted by Crippen LogP contribution is 2.27. The molecule has 2 aliphatic rings. The average molecular weight is 281 g/mol. The van der Waals surface area contributed by atoms with Crippen LogP contribution in [0.3, 0.4) is 0 Å². The first kappa shape index (κ1) is 15.3. The lowest BCUT2D eigenvalue weighted by Crippen LogP contribution is -2.45. The Bertz CT molecular complexity index is 335. The minimum absolute atomic E-state index is 0.0649. The van der Waals surface area contributed by atoms with Crippen LogP contribution in [0.25, 0.3) is 0 Å². The molecule has 2 N–H and O–H groups in total. The molecule has 20 heavy (non-hydrogen) atoms. The third-order valence-electron chi connectivity index (χ3n) is 4.88. The molecule has 0 aromatic heterocycles. The number of carboxylic acids is 1. The number of amides is 1. The fraction of sp³-hybridized carbons (Fsp3) is 0.875. The Balaban J connectivity index is 1.81. The summed E-state index contributed by atoms with van der Waals surface area (Å²) in [4.78, 5) is 23.4. The summed E-state index contributed by atoms with van der Waals surface area (Å²) in [6.07, 6.45) is 11.5. The van der Waals surface area contributed by atoms with E-state index in [2.05, 4.69) is 5.32 Å². The maximum Gasteiger partial charge on any atom is 0.308 e. The van der Waals surface area contributed by atoms with E-state index in [4.69, 9.17) is 0 Å². The fourth-order valence-electron chi connectivity index (χ4n) is 3.70. The summed E-state index contributed by atoms with van der Waals surface area (Å²) in [7, 11) is 0. The highest BCUT2D eigenvalue weighted by Gasteiger charge is 2.32. The largest absolute Gasteiger partial charge is 0.481 e. The van der Waals surface area contributed by atoms with Crippen molar-refractivity contribution in [2.45, 2.75) is 76.7 Å². The minimum atomic E-state index is -0.760. The summed E-state index contributed by atoms with van der Waals surface area (Å²) in [5.41, 5.74) is 0. The van der Waals surface area contributed by atoms with Crippen molar-refractivity contribution in [2.24, 2.45) is 11.8 Å². The number of carbonyl (C=O) groups excluding carboxylic acids is 1. The average Bonchev–Trinajstić information content (AvgIpc) is 2.67. The summed E-state index contributed by atoms with van der Waals surface area (Å²) in [5, 5.41) is 12.2. The summed E-state index contributed by atoms with van der Waals surface area (Å²) in [6.45, 7) is 0. The highest BCUT2D eigenvalue weighted by atomic mass is 16.4. The van der Waals surface area contributed by atoms with Gasteiger partial charge in [0.05, 0.1) is 5.92 Å². The molecule has 0 heterocycles. The number of aliphatic carboxylic acids is 1. The smallest absolute Gasteiger partial charge is 0.308 e. The molecule has 2 atom stereocenters. The van der Waals surface area contributed by atoms with Gasteiger partial charge in [-0.05, 0) is 31.6 Å². The molecule has 0 radical (unpaired) electrons. The van der Waals surface area contributed by atoms with Gasteiger partial charge >= 0.3 is 5.97 Å². The van der Waals surface area contributed by atoms with Gasteiger partial charge in [-0.25, -0.2) is 0 Å². The van der Waals surface area contributed by atoms with E-state index < -0.39 is 5.97 Å². The lowest BCUT2D eigenvalue weighted by molar-refractivity contribution is -0.144. The van der Waals surface area contributed by atoms with Crippen LogP contribution in [0.5, 0.6) is 0 Å². The van der Waals surface area contributed by atoms with E-state index in [1.165, 1.54) is 25.7 Å². The quantitative estimate of drug-likeness (QED) is 0.778. The fourth-order valence-corrected chi connectivity index (χ4v) is 3.70. The van der Waals surface area contributed by atoms with Crippen LogP contribution in [-0.2, 0) is 9.59 Å². The maximum absolute atomic E-state index is 12.2. The molecule has 0 bridgehead atoms. The van der Waals surface area contributed by atoms with Crippen molar-refractivity contribution in [3.05, 3.63) is 0 Å². The summed E-state index contributed by atoms with van der Waals surface area (Å²) < 4.78 is 0. The predicted molar refractivity (Wildman–Crippen MR) is 77.3 cm³/mol. The van der Waals surface area contributed by atoms with E-state index >= 15 is 0 Å². The van der Waals surface area contributed by atoms with Gasteiger partial charge in [0.2, 0.25) is 5.91 Å². The molecule has 2 aliphatic carbocycles. The molecule has 2 rings (SSSR count). The third-order valence-corrected chi connectivity index (χ3v) is 4.88. The van der Waals surface area contributed by atoms with Gasteiger partial charge in [0, 0.05) is 12.5 Å². The van der Waals surface area contributed by atoms with Gasteiger partial charge in [-0.1, -0.05) is 38.5 Å². The van der Waals surface area contributed by atoms with Gasteiger partial charge in [-0.3, -0.25) is 9.59 Å². The molecule has 0 aromatic carbocycles. The van der Waals surface area contributed by atoms with Crippen LogP contribution in [0.4, 0.5) is 0 Å². The Hall–Kier alpha value is -1.06. The minimum Gasteiger partial charge on any atom is -0.481 e. The van der Waals surface area contributed by atoms with Crippen LogP contribution in [0.2, 0.25) is 0 Å². The first-order valence-corrected chi connectivity index (χ1v) is 8.19. The summed E-state index contributed by atoms with van der Waals surface area (Å²) in [6, 6.07) is -0.153. The SMILES string of the molecule is O=C(CC1CCCCCC1)NC1CCCCC1C(=O)O. The summed E-state index contributed by atoms with van der Waals surface area (Å²) in [5.74, 6) is -0.578. The Morgan fingerprint density at radius 1 is 0.900 bits per heavy atom. The number of carbonyl (C=O) groups is 2. The van der Waals surface area contributed by atoms with Gasteiger partial charge in [-0.2, -0.15) is 0 Å². The second kappa shape index (κ2) is 7.65. The first-order chi connectivity index (χ1) is 9.66. The van der Waals surface area contributed by atoms with Crippen molar-refractivity contribution >= 4 is 11.9 Å². The van der Waals surface area contributed by atoms with Crippen LogP contribution in [0, 0.1) is 11.8 Å². The monoisotopic (exact) mass is 281 g/mol.